The summed E-state index contributed by atoms with van der Waals surface area (Å²) >= 11 is 3.31. The van der Waals surface area contributed by atoms with Crippen molar-refractivity contribution < 1.29 is 4.79 Å². The number of carbonyl (C=O) groups excluding carboxylic acids is 1. The number of pyridine rings is 1. The number of hydrogen-bond acceptors (Lipinski definition) is 3. The normalized spacial score (nSPS) is 10.5. The Labute approximate surface area is 113 Å². The summed E-state index contributed by atoms with van der Waals surface area (Å²) in [6.07, 6.45) is 4.89. The number of rotatable bonds is 3. The lowest BCUT2D eigenvalue weighted by Gasteiger charge is -2.01. The van der Waals surface area contributed by atoms with E-state index in [-0.39, 0.29) is 5.91 Å². The Morgan fingerprint density at radius 3 is 2.67 bits per heavy atom. The van der Waals surface area contributed by atoms with Crippen LogP contribution in [-0.2, 0) is 0 Å². The van der Waals surface area contributed by atoms with Crippen LogP contribution >= 0.6 is 15.9 Å². The molecule has 0 unspecified atom stereocenters. The first-order chi connectivity index (χ1) is 8.77. The molecule has 0 radical (unpaired) electrons. The predicted molar refractivity (Wildman–Crippen MR) is 73.4 cm³/mol. The van der Waals surface area contributed by atoms with Crippen molar-refractivity contribution in [3.05, 3.63) is 64.4 Å². The van der Waals surface area contributed by atoms with Crippen molar-refractivity contribution in [2.75, 3.05) is 0 Å². The first kappa shape index (κ1) is 12.4. The molecular weight excluding hydrogens is 294 g/mol. The third kappa shape index (κ3) is 3.24. The molecule has 0 aliphatic heterocycles. The zero-order chi connectivity index (χ0) is 12.8. The molecule has 0 saturated heterocycles. The zero-order valence-corrected chi connectivity index (χ0v) is 11.0. The lowest BCUT2D eigenvalue weighted by Crippen LogP contribution is -2.18. The van der Waals surface area contributed by atoms with Crippen LogP contribution in [0.5, 0.6) is 0 Å². The van der Waals surface area contributed by atoms with Crippen LogP contribution in [0.15, 0.2) is 58.4 Å². The number of benzene rings is 1. The van der Waals surface area contributed by atoms with Crippen molar-refractivity contribution in [3.63, 3.8) is 0 Å². The largest absolute Gasteiger partial charge is 0.272 e. The van der Waals surface area contributed by atoms with Crippen LogP contribution in [-0.4, -0.2) is 17.1 Å². The number of nitrogens with zero attached hydrogens (tertiary/aromatic N) is 2. The van der Waals surface area contributed by atoms with Crippen molar-refractivity contribution in [2.24, 2.45) is 5.10 Å². The van der Waals surface area contributed by atoms with Gasteiger partial charge in [0.25, 0.3) is 5.91 Å². The highest BCUT2D eigenvalue weighted by atomic mass is 79.9. The third-order valence-corrected chi connectivity index (χ3v) is 2.90. The summed E-state index contributed by atoms with van der Waals surface area (Å²) in [5.74, 6) is -0.257. The van der Waals surface area contributed by atoms with Gasteiger partial charge in [0, 0.05) is 16.9 Å². The van der Waals surface area contributed by atoms with Crippen LogP contribution in [0.3, 0.4) is 0 Å². The molecular formula is C13H10BrN3O. The Bertz CT molecular complexity index is 569. The fraction of sp³-hybridized carbons (Fsp3) is 0. The fourth-order valence-electron chi connectivity index (χ4n) is 1.32. The van der Waals surface area contributed by atoms with Gasteiger partial charge in [-0.25, -0.2) is 5.43 Å². The Morgan fingerprint density at radius 1 is 1.22 bits per heavy atom. The van der Waals surface area contributed by atoms with Gasteiger partial charge in [-0.3, -0.25) is 9.78 Å². The van der Waals surface area contributed by atoms with E-state index in [1.807, 2.05) is 12.1 Å². The molecule has 0 spiro atoms. The van der Waals surface area contributed by atoms with Gasteiger partial charge >= 0.3 is 0 Å². The third-order valence-electron chi connectivity index (χ3n) is 2.20. The average molecular weight is 304 g/mol. The van der Waals surface area contributed by atoms with E-state index in [1.165, 1.54) is 0 Å². The summed E-state index contributed by atoms with van der Waals surface area (Å²) in [5.41, 5.74) is 3.89. The Hall–Kier alpha value is -2.01. The highest BCUT2D eigenvalue weighted by Crippen LogP contribution is 2.15. The number of hydrazone groups is 1. The van der Waals surface area contributed by atoms with Crippen LogP contribution in [0.4, 0.5) is 0 Å². The lowest BCUT2D eigenvalue weighted by atomic mass is 10.2. The predicted octanol–water partition coefficient (Wildman–Crippen LogP) is 2.61. The minimum absolute atomic E-state index is 0.257. The summed E-state index contributed by atoms with van der Waals surface area (Å²) in [6.45, 7) is 0. The van der Waals surface area contributed by atoms with Crippen LogP contribution in [0, 0.1) is 0 Å². The van der Waals surface area contributed by atoms with Crippen molar-refractivity contribution in [1.29, 1.82) is 0 Å². The monoisotopic (exact) mass is 303 g/mol. The van der Waals surface area contributed by atoms with Gasteiger partial charge in [0.05, 0.1) is 11.8 Å². The molecule has 4 nitrogen and oxygen atoms in total. The second-order valence-electron chi connectivity index (χ2n) is 3.46. The summed E-state index contributed by atoms with van der Waals surface area (Å²) in [7, 11) is 0. The topological polar surface area (TPSA) is 54.4 Å². The minimum atomic E-state index is -0.257. The molecule has 1 N–H and O–H groups in total. The highest BCUT2D eigenvalue weighted by Gasteiger charge is 2.07. The molecule has 18 heavy (non-hydrogen) atoms. The molecule has 90 valence electrons. The minimum Gasteiger partial charge on any atom is -0.267 e. The smallest absolute Gasteiger partial charge is 0.267 e. The molecule has 2 rings (SSSR count). The molecule has 0 bridgehead atoms. The van der Waals surface area contributed by atoms with Gasteiger partial charge in [-0.1, -0.05) is 12.1 Å². The number of amides is 1. The van der Waals surface area contributed by atoms with Crippen molar-refractivity contribution in [3.8, 4) is 0 Å². The number of nitrogens with one attached hydrogen (secondary N) is 1. The van der Waals surface area contributed by atoms with E-state index in [0.717, 1.165) is 10.0 Å². The maximum atomic E-state index is 11.8. The molecule has 1 aromatic carbocycles. The van der Waals surface area contributed by atoms with E-state index >= 15 is 0 Å². The molecule has 0 atom stereocenters. The van der Waals surface area contributed by atoms with Gasteiger partial charge in [-0.05, 0) is 45.8 Å². The summed E-state index contributed by atoms with van der Waals surface area (Å²) in [4.78, 5) is 15.7. The molecule has 0 aliphatic rings. The second-order valence-corrected chi connectivity index (χ2v) is 4.31. The Kier molecular flexibility index (Phi) is 4.20. The first-order valence-electron chi connectivity index (χ1n) is 5.25. The average Bonchev–Trinajstić information content (AvgIpc) is 2.40. The molecule has 5 heteroatoms. The van der Waals surface area contributed by atoms with Crippen molar-refractivity contribution >= 4 is 28.1 Å². The van der Waals surface area contributed by atoms with Crippen LogP contribution < -0.4 is 5.43 Å². The molecule has 0 aliphatic carbocycles. The van der Waals surface area contributed by atoms with Gasteiger partial charge in [-0.2, -0.15) is 5.10 Å². The molecule has 1 heterocycles. The quantitative estimate of drug-likeness (QED) is 0.700. The Balaban J connectivity index is 2.01. The van der Waals surface area contributed by atoms with Gasteiger partial charge in [-0.15, -0.1) is 0 Å². The SMILES string of the molecule is O=C(N/N=C/c1ccncc1)c1ccccc1Br. The van der Waals surface area contributed by atoms with Crippen molar-refractivity contribution in [2.45, 2.75) is 0 Å². The van der Waals surface area contributed by atoms with E-state index in [1.54, 1.807) is 42.9 Å². The van der Waals surface area contributed by atoms with E-state index in [0.29, 0.717) is 5.56 Å². The standard InChI is InChI=1S/C13H10BrN3O/c14-12-4-2-1-3-11(12)13(18)17-16-9-10-5-7-15-8-6-10/h1-9H,(H,17,18)/b16-9+. The summed E-state index contributed by atoms with van der Waals surface area (Å²) < 4.78 is 0.738. The first-order valence-corrected chi connectivity index (χ1v) is 6.04. The van der Waals surface area contributed by atoms with Crippen molar-refractivity contribution in [1.82, 2.24) is 10.4 Å². The Morgan fingerprint density at radius 2 is 1.94 bits per heavy atom. The highest BCUT2D eigenvalue weighted by molar-refractivity contribution is 9.10. The lowest BCUT2D eigenvalue weighted by molar-refractivity contribution is 0.0954. The van der Waals surface area contributed by atoms with E-state index in [4.69, 9.17) is 0 Å². The number of halogens is 1. The maximum Gasteiger partial charge on any atom is 0.272 e. The van der Waals surface area contributed by atoms with Gasteiger partial charge in [0.15, 0.2) is 0 Å². The molecule has 1 amide bonds. The van der Waals surface area contributed by atoms with Gasteiger partial charge in [0.2, 0.25) is 0 Å². The summed E-state index contributed by atoms with van der Waals surface area (Å²) in [5, 5.41) is 3.89. The van der Waals surface area contributed by atoms with E-state index in [2.05, 4.69) is 31.4 Å². The van der Waals surface area contributed by atoms with Crippen LogP contribution in [0.1, 0.15) is 15.9 Å². The molecule has 0 fully saturated rings. The van der Waals surface area contributed by atoms with Gasteiger partial charge < -0.3 is 0 Å². The molecule has 1 aromatic heterocycles. The zero-order valence-electron chi connectivity index (χ0n) is 9.38. The molecule has 0 saturated carbocycles. The maximum absolute atomic E-state index is 11.8. The second kappa shape index (κ2) is 6.07. The fourth-order valence-corrected chi connectivity index (χ4v) is 1.79. The van der Waals surface area contributed by atoms with E-state index < -0.39 is 0 Å². The number of aromatic nitrogens is 1. The van der Waals surface area contributed by atoms with Crippen LogP contribution in [0.2, 0.25) is 0 Å². The van der Waals surface area contributed by atoms with E-state index in [9.17, 15) is 4.79 Å². The number of hydrogen-bond donors (Lipinski definition) is 1. The summed E-state index contributed by atoms with van der Waals surface area (Å²) in [6, 6.07) is 10.8. The number of carbonyl (C=O) groups is 1. The molecule has 2 aromatic rings. The van der Waals surface area contributed by atoms with Crippen LogP contribution in [0.25, 0.3) is 0 Å². The van der Waals surface area contributed by atoms with Gasteiger partial charge in [0.1, 0.15) is 0 Å².